The molecule has 2 aromatic carbocycles. The molecule has 0 spiro atoms. The van der Waals surface area contributed by atoms with Gasteiger partial charge in [-0.05, 0) is 50.6 Å². The van der Waals surface area contributed by atoms with Crippen LogP contribution in [0.5, 0.6) is 5.75 Å². The minimum atomic E-state index is -0.575. The van der Waals surface area contributed by atoms with Gasteiger partial charge in [-0.15, -0.1) is 0 Å². The number of para-hydroxylation sites is 1. The standard InChI is InChI=1S/C24H31N3O5/c1-24(2,3)32-23(30)25-15-13-21(28)26-17-18-9-11-19(12-10-18)27-22(29)14-16-31-20-7-5-4-6-8-20/h4-12H,13-17H2,1-3H3,(H,25,30)(H,26,28)(H,27,29). The van der Waals surface area contributed by atoms with Crippen LogP contribution in [0.2, 0.25) is 0 Å². The fraction of sp³-hybridized carbons (Fsp3) is 0.375. The second kappa shape index (κ2) is 12.3. The van der Waals surface area contributed by atoms with Crippen LogP contribution in [-0.4, -0.2) is 36.7 Å². The smallest absolute Gasteiger partial charge is 0.407 e. The Morgan fingerprint density at radius 1 is 0.844 bits per heavy atom. The van der Waals surface area contributed by atoms with Crippen molar-refractivity contribution in [3.63, 3.8) is 0 Å². The lowest BCUT2D eigenvalue weighted by atomic mass is 10.2. The van der Waals surface area contributed by atoms with Crippen molar-refractivity contribution in [3.05, 3.63) is 60.2 Å². The molecular weight excluding hydrogens is 410 g/mol. The number of hydrogen-bond donors (Lipinski definition) is 3. The van der Waals surface area contributed by atoms with E-state index in [1.807, 2.05) is 42.5 Å². The SMILES string of the molecule is CC(C)(C)OC(=O)NCCC(=O)NCc1ccc(NC(=O)CCOc2ccccc2)cc1. The largest absolute Gasteiger partial charge is 0.493 e. The van der Waals surface area contributed by atoms with Crippen LogP contribution in [0.15, 0.2) is 54.6 Å². The number of nitrogens with one attached hydrogen (secondary N) is 3. The number of hydrogen-bond acceptors (Lipinski definition) is 5. The highest BCUT2D eigenvalue weighted by molar-refractivity contribution is 5.90. The lowest BCUT2D eigenvalue weighted by Crippen LogP contribution is -2.35. The molecule has 0 aromatic heterocycles. The molecule has 2 aromatic rings. The van der Waals surface area contributed by atoms with Gasteiger partial charge in [-0.2, -0.15) is 0 Å². The quantitative estimate of drug-likeness (QED) is 0.522. The molecule has 0 aliphatic heterocycles. The Morgan fingerprint density at radius 3 is 2.19 bits per heavy atom. The highest BCUT2D eigenvalue weighted by atomic mass is 16.6. The molecule has 0 saturated carbocycles. The molecule has 8 heteroatoms. The van der Waals surface area contributed by atoms with Crippen molar-refractivity contribution in [2.75, 3.05) is 18.5 Å². The Balaban J connectivity index is 1.63. The van der Waals surface area contributed by atoms with Crippen molar-refractivity contribution in [1.82, 2.24) is 10.6 Å². The summed E-state index contributed by atoms with van der Waals surface area (Å²) in [6.45, 7) is 6.16. The number of alkyl carbamates (subject to hydrolysis) is 1. The van der Waals surface area contributed by atoms with Crippen molar-refractivity contribution < 1.29 is 23.9 Å². The van der Waals surface area contributed by atoms with Crippen LogP contribution in [0.1, 0.15) is 39.2 Å². The summed E-state index contributed by atoms with van der Waals surface area (Å²) in [5.74, 6) is 0.406. The van der Waals surface area contributed by atoms with E-state index < -0.39 is 11.7 Å². The molecule has 172 valence electrons. The average Bonchev–Trinajstić information content (AvgIpc) is 2.73. The maximum atomic E-state index is 12.0. The van der Waals surface area contributed by atoms with Crippen LogP contribution in [0, 0.1) is 0 Å². The van der Waals surface area contributed by atoms with Crippen molar-refractivity contribution in [1.29, 1.82) is 0 Å². The number of benzene rings is 2. The predicted octanol–water partition coefficient (Wildman–Crippen LogP) is 3.63. The van der Waals surface area contributed by atoms with Crippen LogP contribution in [0.25, 0.3) is 0 Å². The lowest BCUT2D eigenvalue weighted by Gasteiger charge is -2.19. The lowest BCUT2D eigenvalue weighted by molar-refractivity contribution is -0.121. The number of anilines is 1. The molecule has 0 atom stereocenters. The molecule has 32 heavy (non-hydrogen) atoms. The Labute approximate surface area is 188 Å². The van der Waals surface area contributed by atoms with E-state index in [0.29, 0.717) is 18.8 Å². The van der Waals surface area contributed by atoms with Gasteiger partial charge in [0, 0.05) is 25.2 Å². The van der Waals surface area contributed by atoms with Gasteiger partial charge in [-0.1, -0.05) is 30.3 Å². The van der Waals surface area contributed by atoms with Gasteiger partial charge in [0.25, 0.3) is 0 Å². The first-order valence-electron chi connectivity index (χ1n) is 10.5. The first-order chi connectivity index (χ1) is 15.2. The normalized spacial score (nSPS) is 10.7. The van der Waals surface area contributed by atoms with Crippen LogP contribution in [0.3, 0.4) is 0 Å². The zero-order valence-corrected chi connectivity index (χ0v) is 18.8. The maximum absolute atomic E-state index is 12.0. The predicted molar refractivity (Wildman–Crippen MR) is 122 cm³/mol. The highest BCUT2D eigenvalue weighted by Crippen LogP contribution is 2.11. The van der Waals surface area contributed by atoms with Crippen molar-refractivity contribution >= 4 is 23.6 Å². The fourth-order valence-corrected chi connectivity index (χ4v) is 2.59. The Hall–Kier alpha value is -3.55. The zero-order chi connectivity index (χ0) is 23.4. The fourth-order valence-electron chi connectivity index (χ4n) is 2.59. The molecule has 0 aliphatic rings. The minimum absolute atomic E-state index is 0.139. The number of amides is 3. The van der Waals surface area contributed by atoms with E-state index in [4.69, 9.17) is 9.47 Å². The van der Waals surface area contributed by atoms with Gasteiger partial charge >= 0.3 is 6.09 Å². The summed E-state index contributed by atoms with van der Waals surface area (Å²) in [7, 11) is 0. The first kappa shape index (κ1) is 24.7. The van der Waals surface area contributed by atoms with Crippen LogP contribution < -0.4 is 20.7 Å². The van der Waals surface area contributed by atoms with Gasteiger partial charge in [0.15, 0.2) is 0 Å². The van der Waals surface area contributed by atoms with Gasteiger partial charge in [0.1, 0.15) is 11.4 Å². The van der Waals surface area contributed by atoms with E-state index in [-0.39, 0.29) is 31.2 Å². The van der Waals surface area contributed by atoms with E-state index in [1.165, 1.54) is 0 Å². The minimum Gasteiger partial charge on any atom is -0.493 e. The molecule has 0 saturated heterocycles. The third-order valence-electron chi connectivity index (χ3n) is 4.09. The number of ether oxygens (including phenoxy) is 2. The molecule has 2 rings (SSSR count). The summed E-state index contributed by atoms with van der Waals surface area (Å²) in [4.78, 5) is 35.5. The van der Waals surface area contributed by atoms with E-state index >= 15 is 0 Å². The van der Waals surface area contributed by atoms with Crippen LogP contribution in [0.4, 0.5) is 10.5 Å². The van der Waals surface area contributed by atoms with E-state index in [1.54, 1.807) is 32.9 Å². The topological polar surface area (TPSA) is 106 Å². The summed E-state index contributed by atoms with van der Waals surface area (Å²) in [5.41, 5.74) is 0.990. The first-order valence-corrected chi connectivity index (χ1v) is 10.5. The molecule has 0 radical (unpaired) electrons. The maximum Gasteiger partial charge on any atom is 0.407 e. The van der Waals surface area contributed by atoms with Gasteiger partial charge in [-0.25, -0.2) is 4.79 Å². The molecule has 8 nitrogen and oxygen atoms in total. The summed E-state index contributed by atoms with van der Waals surface area (Å²) in [6.07, 6.45) is -0.155. The van der Waals surface area contributed by atoms with Crippen LogP contribution in [-0.2, 0) is 20.9 Å². The molecule has 0 unspecified atom stereocenters. The highest BCUT2D eigenvalue weighted by Gasteiger charge is 2.15. The van der Waals surface area contributed by atoms with Gasteiger partial charge in [0.2, 0.25) is 11.8 Å². The van der Waals surface area contributed by atoms with Crippen molar-refractivity contribution in [2.45, 2.75) is 45.8 Å². The van der Waals surface area contributed by atoms with E-state index in [9.17, 15) is 14.4 Å². The van der Waals surface area contributed by atoms with E-state index in [0.717, 1.165) is 11.3 Å². The van der Waals surface area contributed by atoms with Crippen LogP contribution >= 0.6 is 0 Å². The summed E-state index contributed by atoms with van der Waals surface area (Å²) in [6, 6.07) is 16.5. The molecule has 0 heterocycles. The Morgan fingerprint density at radius 2 is 1.53 bits per heavy atom. The monoisotopic (exact) mass is 441 g/mol. The van der Waals surface area contributed by atoms with Crippen molar-refractivity contribution in [3.8, 4) is 5.75 Å². The average molecular weight is 442 g/mol. The molecular formula is C24H31N3O5. The summed E-state index contributed by atoms with van der Waals surface area (Å²) >= 11 is 0. The van der Waals surface area contributed by atoms with Gasteiger partial charge in [-0.3, -0.25) is 9.59 Å². The molecule has 3 amide bonds. The number of carbonyl (C=O) groups excluding carboxylic acids is 3. The number of carbonyl (C=O) groups is 3. The number of rotatable bonds is 10. The molecule has 3 N–H and O–H groups in total. The summed E-state index contributed by atoms with van der Waals surface area (Å²) < 4.78 is 10.6. The van der Waals surface area contributed by atoms with E-state index in [2.05, 4.69) is 16.0 Å². The zero-order valence-electron chi connectivity index (χ0n) is 18.8. The van der Waals surface area contributed by atoms with Gasteiger partial charge in [0.05, 0.1) is 13.0 Å². The second-order valence-corrected chi connectivity index (χ2v) is 8.11. The van der Waals surface area contributed by atoms with Gasteiger partial charge < -0.3 is 25.4 Å². The third kappa shape index (κ3) is 10.5. The molecule has 0 aliphatic carbocycles. The van der Waals surface area contributed by atoms with Crippen molar-refractivity contribution in [2.24, 2.45) is 0 Å². The molecule has 0 fully saturated rings. The summed E-state index contributed by atoms with van der Waals surface area (Å²) in [5, 5.41) is 8.15. The molecule has 0 bridgehead atoms. The second-order valence-electron chi connectivity index (χ2n) is 8.11. The third-order valence-corrected chi connectivity index (χ3v) is 4.09. The Bertz CT molecular complexity index is 877. The Kier molecular flexibility index (Phi) is 9.53.